The van der Waals surface area contributed by atoms with Gasteiger partial charge >= 0.3 is 0 Å². The molecule has 0 spiro atoms. The van der Waals surface area contributed by atoms with E-state index >= 15 is 0 Å². The van der Waals surface area contributed by atoms with Crippen molar-refractivity contribution >= 4 is 37.5 Å². The molecule has 3 rings (SSSR count). The zero-order valence-electron chi connectivity index (χ0n) is 11.0. The highest BCUT2D eigenvalue weighted by Gasteiger charge is 2.20. The van der Waals surface area contributed by atoms with Gasteiger partial charge in [0, 0.05) is 26.6 Å². The van der Waals surface area contributed by atoms with Gasteiger partial charge in [0.25, 0.3) is 5.69 Å². The summed E-state index contributed by atoms with van der Waals surface area (Å²) in [5.74, 6) is 0.350. The van der Waals surface area contributed by atoms with Gasteiger partial charge in [0.1, 0.15) is 5.69 Å². The first-order chi connectivity index (χ1) is 10.5. The van der Waals surface area contributed by atoms with Crippen molar-refractivity contribution in [2.45, 2.75) is 0 Å². The van der Waals surface area contributed by atoms with E-state index in [4.69, 9.17) is 4.52 Å². The first-order valence-electron chi connectivity index (χ1n) is 6.21. The Morgan fingerprint density at radius 1 is 1.05 bits per heavy atom. The first kappa shape index (κ1) is 14.9. The Balaban J connectivity index is 2.08. The topological polar surface area (TPSA) is 69.2 Å². The normalized spacial score (nSPS) is 10.6. The molecule has 22 heavy (non-hydrogen) atoms. The minimum Gasteiger partial charge on any atom is -0.355 e. The third-order valence-corrected chi connectivity index (χ3v) is 4.04. The molecular weight excluding hydrogens is 416 g/mol. The molecule has 0 saturated heterocycles. The highest BCUT2D eigenvalue weighted by Crippen LogP contribution is 2.34. The molecule has 0 bridgehead atoms. The quantitative estimate of drug-likeness (QED) is 0.415. The molecule has 0 unspecified atom stereocenters. The van der Waals surface area contributed by atoms with E-state index in [0.29, 0.717) is 17.0 Å². The first-order valence-corrected chi connectivity index (χ1v) is 7.80. The van der Waals surface area contributed by atoms with Gasteiger partial charge in [-0.25, -0.2) is 0 Å². The highest BCUT2D eigenvalue weighted by molar-refractivity contribution is 9.10. The van der Waals surface area contributed by atoms with Crippen LogP contribution in [0.2, 0.25) is 0 Å². The number of rotatable bonds is 3. The molecule has 0 aliphatic heterocycles. The molecule has 0 N–H and O–H groups in total. The van der Waals surface area contributed by atoms with Crippen LogP contribution in [-0.4, -0.2) is 10.1 Å². The van der Waals surface area contributed by atoms with Crippen molar-refractivity contribution in [2.24, 2.45) is 0 Å². The Labute approximate surface area is 142 Å². The van der Waals surface area contributed by atoms with Crippen molar-refractivity contribution in [3.05, 3.63) is 67.6 Å². The molecule has 0 atom stereocenters. The lowest BCUT2D eigenvalue weighted by molar-refractivity contribution is -0.384. The fourth-order valence-electron chi connectivity index (χ4n) is 2.05. The van der Waals surface area contributed by atoms with Crippen molar-refractivity contribution in [3.63, 3.8) is 0 Å². The van der Waals surface area contributed by atoms with Crippen LogP contribution in [0.15, 0.2) is 62.0 Å². The monoisotopic (exact) mass is 422 g/mol. The number of nitro benzene ring substituents is 1. The summed E-state index contributed by atoms with van der Waals surface area (Å²) in [4.78, 5) is 10.7. The molecule has 0 aliphatic carbocycles. The second kappa shape index (κ2) is 6.02. The SMILES string of the molecule is O=[N+]([O-])c1ccc(Br)cc1-c1cc(-c2cccc(Br)c2)no1. The van der Waals surface area contributed by atoms with E-state index < -0.39 is 4.92 Å². The van der Waals surface area contributed by atoms with Gasteiger partial charge in [0.05, 0.1) is 10.5 Å². The Morgan fingerprint density at radius 2 is 1.82 bits per heavy atom. The molecule has 1 aromatic heterocycles. The van der Waals surface area contributed by atoms with E-state index in [-0.39, 0.29) is 5.69 Å². The average molecular weight is 424 g/mol. The predicted octanol–water partition coefficient (Wildman–Crippen LogP) is 5.44. The van der Waals surface area contributed by atoms with E-state index in [1.165, 1.54) is 6.07 Å². The number of hydrogen-bond acceptors (Lipinski definition) is 4. The van der Waals surface area contributed by atoms with Gasteiger partial charge in [-0.3, -0.25) is 10.1 Å². The molecule has 0 saturated carbocycles. The lowest BCUT2D eigenvalue weighted by Gasteiger charge is -1.99. The summed E-state index contributed by atoms with van der Waals surface area (Å²) >= 11 is 6.71. The largest absolute Gasteiger partial charge is 0.355 e. The van der Waals surface area contributed by atoms with E-state index in [9.17, 15) is 10.1 Å². The summed E-state index contributed by atoms with van der Waals surface area (Å²) in [7, 11) is 0. The molecule has 7 heteroatoms. The minimum atomic E-state index is -0.441. The van der Waals surface area contributed by atoms with Crippen LogP contribution in [0.25, 0.3) is 22.6 Å². The number of benzene rings is 2. The predicted molar refractivity (Wildman–Crippen MR) is 89.4 cm³/mol. The molecular formula is C15H8Br2N2O3. The van der Waals surface area contributed by atoms with Crippen LogP contribution >= 0.6 is 31.9 Å². The molecule has 2 aromatic carbocycles. The Morgan fingerprint density at radius 3 is 2.55 bits per heavy atom. The standard InChI is InChI=1S/C15H8Br2N2O3/c16-10-3-1-2-9(6-10)13-8-15(22-18-13)12-7-11(17)4-5-14(12)19(20)21/h1-8H. The van der Waals surface area contributed by atoms with Crippen LogP contribution in [0.3, 0.4) is 0 Å². The van der Waals surface area contributed by atoms with Gasteiger partial charge in [-0.05, 0) is 24.3 Å². The van der Waals surface area contributed by atoms with Crippen molar-refractivity contribution in [1.82, 2.24) is 5.16 Å². The van der Waals surface area contributed by atoms with Crippen LogP contribution in [0.5, 0.6) is 0 Å². The molecule has 0 fully saturated rings. The second-order valence-electron chi connectivity index (χ2n) is 4.51. The van der Waals surface area contributed by atoms with Gasteiger partial charge in [-0.1, -0.05) is 49.1 Å². The van der Waals surface area contributed by atoms with Crippen molar-refractivity contribution < 1.29 is 9.45 Å². The fraction of sp³-hybridized carbons (Fsp3) is 0. The summed E-state index contributed by atoms with van der Waals surface area (Å²) in [6.07, 6.45) is 0. The van der Waals surface area contributed by atoms with E-state index in [0.717, 1.165) is 14.5 Å². The smallest absolute Gasteiger partial charge is 0.280 e. The van der Waals surface area contributed by atoms with Gasteiger partial charge in [0.15, 0.2) is 5.76 Å². The van der Waals surface area contributed by atoms with Crippen LogP contribution < -0.4 is 0 Å². The average Bonchev–Trinajstić information content (AvgIpc) is 2.96. The fourth-order valence-corrected chi connectivity index (χ4v) is 2.81. The van der Waals surface area contributed by atoms with Crippen molar-refractivity contribution in [1.29, 1.82) is 0 Å². The molecule has 0 aliphatic rings. The maximum absolute atomic E-state index is 11.1. The second-order valence-corrected chi connectivity index (χ2v) is 6.34. The third kappa shape index (κ3) is 2.95. The molecule has 1 heterocycles. The summed E-state index contributed by atoms with van der Waals surface area (Å²) < 4.78 is 6.95. The number of nitro groups is 1. The van der Waals surface area contributed by atoms with Crippen molar-refractivity contribution in [3.8, 4) is 22.6 Å². The van der Waals surface area contributed by atoms with E-state index in [1.54, 1.807) is 18.2 Å². The zero-order chi connectivity index (χ0) is 15.7. The summed E-state index contributed by atoms with van der Waals surface area (Å²) in [6, 6.07) is 14.0. The lowest BCUT2D eigenvalue weighted by Crippen LogP contribution is -1.91. The molecule has 5 nitrogen and oxygen atoms in total. The summed E-state index contributed by atoms with van der Waals surface area (Å²) in [5.41, 5.74) is 1.83. The summed E-state index contributed by atoms with van der Waals surface area (Å²) in [5, 5.41) is 15.2. The number of aromatic nitrogens is 1. The molecule has 3 aromatic rings. The summed E-state index contributed by atoms with van der Waals surface area (Å²) in [6.45, 7) is 0. The number of nitrogens with zero attached hydrogens (tertiary/aromatic N) is 2. The van der Waals surface area contributed by atoms with E-state index in [2.05, 4.69) is 37.0 Å². The van der Waals surface area contributed by atoms with Crippen LogP contribution in [0.4, 0.5) is 5.69 Å². The maximum atomic E-state index is 11.1. The highest BCUT2D eigenvalue weighted by atomic mass is 79.9. The van der Waals surface area contributed by atoms with Crippen LogP contribution in [0, 0.1) is 10.1 Å². The van der Waals surface area contributed by atoms with Gasteiger partial charge in [0.2, 0.25) is 0 Å². The molecule has 110 valence electrons. The maximum Gasteiger partial charge on any atom is 0.280 e. The van der Waals surface area contributed by atoms with Crippen LogP contribution in [-0.2, 0) is 0 Å². The van der Waals surface area contributed by atoms with Crippen LogP contribution in [0.1, 0.15) is 0 Å². The Hall–Kier alpha value is -1.99. The van der Waals surface area contributed by atoms with E-state index in [1.807, 2.05) is 24.3 Å². The minimum absolute atomic E-state index is 0.0276. The number of hydrogen-bond donors (Lipinski definition) is 0. The van der Waals surface area contributed by atoms with Gasteiger partial charge in [-0.15, -0.1) is 0 Å². The third-order valence-electron chi connectivity index (χ3n) is 3.05. The Bertz CT molecular complexity index is 861. The number of halogens is 2. The lowest BCUT2D eigenvalue weighted by atomic mass is 10.1. The zero-order valence-corrected chi connectivity index (χ0v) is 14.2. The van der Waals surface area contributed by atoms with Gasteiger partial charge in [-0.2, -0.15) is 0 Å². The van der Waals surface area contributed by atoms with Crippen molar-refractivity contribution in [2.75, 3.05) is 0 Å². The molecule has 0 radical (unpaired) electrons. The Kier molecular flexibility index (Phi) is 4.08. The molecule has 0 amide bonds. The van der Waals surface area contributed by atoms with Gasteiger partial charge < -0.3 is 4.52 Å².